The predicted octanol–water partition coefficient (Wildman–Crippen LogP) is 4.04. The minimum absolute atomic E-state index is 0. The molecule has 5 nitrogen and oxygen atoms in total. The SMILES string of the molecule is CC(=O)N1CCN(C(=O)Sc2c/c(=N/c3ccccc3)ss2)CC1.I. The summed E-state index contributed by atoms with van der Waals surface area (Å²) in [6, 6.07) is 11.7. The third-order valence-electron chi connectivity index (χ3n) is 3.62. The van der Waals surface area contributed by atoms with Crippen LogP contribution in [0.2, 0.25) is 0 Å². The second-order valence-electron chi connectivity index (χ2n) is 5.28. The lowest BCUT2D eigenvalue weighted by Gasteiger charge is -2.33. The highest BCUT2D eigenvalue weighted by Gasteiger charge is 2.23. The van der Waals surface area contributed by atoms with Crippen LogP contribution in [-0.2, 0) is 4.79 Å². The Balaban J connectivity index is 0.00000225. The molecular weight excluding hydrogens is 489 g/mol. The molecule has 1 aromatic carbocycles. The average molecular weight is 507 g/mol. The van der Waals surface area contributed by atoms with Crippen molar-refractivity contribution in [3.8, 4) is 0 Å². The summed E-state index contributed by atoms with van der Waals surface area (Å²) in [5, 5.41) is 0.0403. The van der Waals surface area contributed by atoms with E-state index in [1.54, 1.807) is 32.5 Å². The molecule has 1 saturated heterocycles. The first kappa shape index (κ1) is 20.4. The molecule has 1 aliphatic rings. The number of thioether (sulfide) groups is 1. The fourth-order valence-corrected chi connectivity index (χ4v) is 5.62. The van der Waals surface area contributed by atoms with Gasteiger partial charge in [0, 0.05) is 33.1 Å². The zero-order valence-electron chi connectivity index (χ0n) is 13.6. The van der Waals surface area contributed by atoms with Crippen molar-refractivity contribution >= 4 is 73.3 Å². The largest absolute Gasteiger partial charge is 0.339 e. The minimum atomic E-state index is 0. The molecule has 0 radical (unpaired) electrons. The van der Waals surface area contributed by atoms with Crippen LogP contribution in [0.1, 0.15) is 6.92 Å². The van der Waals surface area contributed by atoms with Crippen LogP contribution in [0.4, 0.5) is 10.5 Å². The van der Waals surface area contributed by atoms with Gasteiger partial charge in [0.05, 0.1) is 9.90 Å². The van der Waals surface area contributed by atoms with Crippen LogP contribution >= 0.6 is 56.4 Å². The number of hydrogen-bond donors (Lipinski definition) is 0. The third-order valence-corrected chi connectivity index (χ3v) is 7.23. The Morgan fingerprint density at radius 3 is 2.32 bits per heavy atom. The van der Waals surface area contributed by atoms with Crippen molar-refractivity contribution in [2.75, 3.05) is 26.2 Å². The number of amides is 2. The average Bonchev–Trinajstić information content (AvgIpc) is 3.02. The smallest absolute Gasteiger partial charge is 0.287 e. The summed E-state index contributed by atoms with van der Waals surface area (Å²) in [6.45, 7) is 3.99. The van der Waals surface area contributed by atoms with Gasteiger partial charge < -0.3 is 9.80 Å². The van der Waals surface area contributed by atoms with Gasteiger partial charge in [-0.15, -0.1) is 24.0 Å². The summed E-state index contributed by atoms with van der Waals surface area (Å²) in [5.41, 5.74) is 0.912. The Hall–Kier alpha value is -0.910. The molecule has 1 aliphatic heterocycles. The number of rotatable bonds is 2. The van der Waals surface area contributed by atoms with Gasteiger partial charge in [-0.3, -0.25) is 9.59 Å². The van der Waals surface area contributed by atoms with E-state index in [1.165, 1.54) is 11.8 Å². The van der Waals surface area contributed by atoms with Crippen LogP contribution in [-0.4, -0.2) is 47.1 Å². The first-order chi connectivity index (χ1) is 11.6. The predicted molar refractivity (Wildman–Crippen MR) is 114 cm³/mol. The third kappa shape index (κ3) is 5.80. The van der Waals surface area contributed by atoms with E-state index in [-0.39, 0.29) is 35.1 Å². The molecule has 0 N–H and O–H groups in total. The van der Waals surface area contributed by atoms with Gasteiger partial charge in [0.1, 0.15) is 4.67 Å². The molecule has 0 spiro atoms. The van der Waals surface area contributed by atoms with Crippen molar-refractivity contribution in [1.82, 2.24) is 9.80 Å². The highest BCUT2D eigenvalue weighted by atomic mass is 127. The fourth-order valence-electron chi connectivity index (χ4n) is 2.31. The highest BCUT2D eigenvalue weighted by molar-refractivity contribution is 14.0. The van der Waals surface area contributed by atoms with E-state index < -0.39 is 0 Å². The van der Waals surface area contributed by atoms with Crippen molar-refractivity contribution in [2.45, 2.75) is 11.1 Å². The van der Waals surface area contributed by atoms with Crippen molar-refractivity contribution in [3.63, 3.8) is 0 Å². The van der Waals surface area contributed by atoms with Crippen LogP contribution < -0.4 is 4.67 Å². The first-order valence-corrected chi connectivity index (χ1v) is 10.5. The van der Waals surface area contributed by atoms with Gasteiger partial charge in [0.15, 0.2) is 0 Å². The summed E-state index contributed by atoms with van der Waals surface area (Å²) in [7, 11) is 3.13. The Labute approximate surface area is 175 Å². The molecule has 0 saturated carbocycles. The van der Waals surface area contributed by atoms with E-state index in [1.807, 2.05) is 41.3 Å². The van der Waals surface area contributed by atoms with Gasteiger partial charge >= 0.3 is 0 Å². The second-order valence-corrected chi connectivity index (χ2v) is 8.72. The van der Waals surface area contributed by atoms with E-state index in [0.29, 0.717) is 26.2 Å². The van der Waals surface area contributed by atoms with E-state index >= 15 is 0 Å². The Kier molecular flexibility index (Phi) is 7.91. The summed E-state index contributed by atoms with van der Waals surface area (Å²) in [4.78, 5) is 31.8. The molecule has 1 fully saturated rings. The van der Waals surface area contributed by atoms with Gasteiger partial charge in [-0.25, -0.2) is 4.99 Å². The maximum atomic E-state index is 12.4. The minimum Gasteiger partial charge on any atom is -0.339 e. The summed E-state index contributed by atoms with van der Waals surface area (Å²) in [6.07, 6.45) is 0. The lowest BCUT2D eigenvalue weighted by atomic mass is 10.3. The first-order valence-electron chi connectivity index (χ1n) is 7.54. The fraction of sp³-hybridized carbons (Fsp3) is 0.312. The zero-order chi connectivity index (χ0) is 16.9. The number of hydrogen-bond acceptors (Lipinski definition) is 6. The van der Waals surface area contributed by atoms with E-state index in [9.17, 15) is 9.59 Å². The van der Waals surface area contributed by atoms with Crippen LogP contribution in [0.25, 0.3) is 0 Å². The van der Waals surface area contributed by atoms with E-state index in [0.717, 1.165) is 14.6 Å². The highest BCUT2D eigenvalue weighted by Crippen LogP contribution is 2.27. The van der Waals surface area contributed by atoms with Crippen LogP contribution in [0.3, 0.4) is 0 Å². The molecule has 0 aliphatic carbocycles. The van der Waals surface area contributed by atoms with Gasteiger partial charge in [-0.1, -0.05) is 38.9 Å². The van der Waals surface area contributed by atoms with Gasteiger partial charge in [-0.05, 0) is 30.0 Å². The zero-order valence-corrected chi connectivity index (χ0v) is 18.4. The summed E-state index contributed by atoms with van der Waals surface area (Å²) in [5.74, 6) is 0.0713. The van der Waals surface area contributed by atoms with Crippen molar-refractivity contribution in [1.29, 1.82) is 0 Å². The van der Waals surface area contributed by atoms with Crippen molar-refractivity contribution < 1.29 is 9.59 Å². The lowest BCUT2D eigenvalue weighted by Crippen LogP contribution is -2.49. The number of piperazine rings is 1. The summed E-state index contributed by atoms with van der Waals surface area (Å²) < 4.78 is 1.86. The standard InChI is InChI=1S/C16H17N3O2S3.HI/c1-12(20)18-7-9-19(10-8-18)16(21)22-15-11-14(23-24-15)17-13-5-3-2-4-6-13;/h2-6,11H,7-10H2,1H3;1H/b17-14-;. The molecule has 2 heterocycles. The molecular formula is C16H18IN3O2S3. The molecule has 0 unspecified atom stereocenters. The topological polar surface area (TPSA) is 53.0 Å². The maximum Gasteiger partial charge on any atom is 0.287 e. The van der Waals surface area contributed by atoms with Gasteiger partial charge in [0.2, 0.25) is 5.91 Å². The Morgan fingerprint density at radius 2 is 1.68 bits per heavy atom. The Morgan fingerprint density at radius 1 is 1.04 bits per heavy atom. The van der Waals surface area contributed by atoms with E-state index in [4.69, 9.17) is 0 Å². The number of halogens is 1. The number of carbonyl (C=O) groups excluding carboxylic acids is 2. The molecule has 134 valence electrons. The van der Waals surface area contributed by atoms with Crippen molar-refractivity contribution in [3.05, 3.63) is 41.1 Å². The molecule has 3 rings (SSSR count). The molecule has 0 bridgehead atoms. The van der Waals surface area contributed by atoms with Gasteiger partial charge in [-0.2, -0.15) is 0 Å². The van der Waals surface area contributed by atoms with Crippen molar-refractivity contribution in [2.24, 2.45) is 4.99 Å². The molecule has 2 aromatic rings. The number of para-hydroxylation sites is 1. The normalized spacial score (nSPS) is 15.0. The van der Waals surface area contributed by atoms with E-state index in [2.05, 4.69) is 4.99 Å². The second kappa shape index (κ2) is 9.70. The molecule has 1 aromatic heterocycles. The lowest BCUT2D eigenvalue weighted by molar-refractivity contribution is -0.130. The molecule has 9 heteroatoms. The quantitative estimate of drug-likeness (QED) is 0.351. The van der Waals surface area contributed by atoms with Crippen LogP contribution in [0, 0.1) is 0 Å². The molecule has 0 atom stereocenters. The number of benzene rings is 1. The Bertz CT molecular complexity index is 783. The molecule has 2 amide bonds. The molecule has 25 heavy (non-hydrogen) atoms. The number of carbonyl (C=O) groups is 2. The van der Waals surface area contributed by atoms with Crippen LogP contribution in [0.15, 0.2) is 45.6 Å². The van der Waals surface area contributed by atoms with Gasteiger partial charge in [0.25, 0.3) is 5.24 Å². The van der Waals surface area contributed by atoms with Crippen LogP contribution in [0.5, 0.6) is 0 Å². The summed E-state index contributed by atoms with van der Waals surface area (Å²) >= 11 is 1.24. The monoisotopic (exact) mass is 507 g/mol. The maximum absolute atomic E-state index is 12.4. The number of nitrogens with zero attached hydrogens (tertiary/aromatic N) is 3.